The summed E-state index contributed by atoms with van der Waals surface area (Å²) in [5.41, 5.74) is 1.53. The van der Waals surface area contributed by atoms with Gasteiger partial charge in [0.15, 0.2) is 0 Å². The van der Waals surface area contributed by atoms with Gasteiger partial charge in [-0.3, -0.25) is 0 Å². The Labute approximate surface area is 92.2 Å². The first kappa shape index (κ1) is 10.4. The summed E-state index contributed by atoms with van der Waals surface area (Å²) in [6.45, 7) is 0. The van der Waals surface area contributed by atoms with Crippen LogP contribution in [0.4, 0.5) is 0 Å². The van der Waals surface area contributed by atoms with E-state index < -0.39 is 10.0 Å². The topological polar surface area (TPSA) is 60.2 Å². The van der Waals surface area contributed by atoms with E-state index in [0.29, 0.717) is 5.56 Å². The maximum atomic E-state index is 11.3. The lowest BCUT2D eigenvalue weighted by Crippen LogP contribution is -2.11. The van der Waals surface area contributed by atoms with Gasteiger partial charge < -0.3 is 0 Å². The van der Waals surface area contributed by atoms with Crippen LogP contribution in [-0.2, 0) is 10.0 Å². The molecule has 0 saturated carbocycles. The van der Waals surface area contributed by atoms with Crippen LogP contribution in [0.5, 0.6) is 0 Å². The van der Waals surface area contributed by atoms with Crippen molar-refractivity contribution in [3.05, 3.63) is 41.1 Å². The largest absolute Gasteiger partial charge is 0.239 e. The van der Waals surface area contributed by atoms with E-state index in [-0.39, 0.29) is 4.90 Å². The molecule has 0 aliphatic heterocycles. The molecule has 0 amide bonds. The van der Waals surface area contributed by atoms with E-state index >= 15 is 0 Å². The Kier molecular flexibility index (Phi) is 2.60. The number of hydrogen-bond donors (Lipinski definition) is 1. The SMILES string of the molecule is NS(=O)(=O)c1cscc1-c1ccccc1. The Morgan fingerprint density at radius 3 is 2.33 bits per heavy atom. The molecule has 0 aliphatic carbocycles. The molecule has 3 nitrogen and oxygen atoms in total. The molecule has 0 saturated heterocycles. The molecule has 0 unspecified atom stereocenters. The van der Waals surface area contributed by atoms with E-state index in [2.05, 4.69) is 0 Å². The number of primary sulfonamides is 1. The van der Waals surface area contributed by atoms with E-state index in [4.69, 9.17) is 5.14 Å². The van der Waals surface area contributed by atoms with Gasteiger partial charge in [-0.05, 0) is 10.9 Å². The standard InChI is InChI=1S/C10H9NO2S2/c11-15(12,13)10-7-14-6-9(10)8-4-2-1-3-5-8/h1-7H,(H2,11,12,13). The summed E-state index contributed by atoms with van der Waals surface area (Å²) in [4.78, 5) is 0.193. The maximum Gasteiger partial charge on any atom is 0.239 e. The third-order valence-corrected chi connectivity index (χ3v) is 3.86. The number of sulfonamides is 1. The van der Waals surface area contributed by atoms with Gasteiger partial charge in [-0.2, -0.15) is 11.3 Å². The molecule has 0 bridgehead atoms. The van der Waals surface area contributed by atoms with E-state index in [9.17, 15) is 8.42 Å². The van der Waals surface area contributed by atoms with Gasteiger partial charge in [-0.15, -0.1) is 0 Å². The molecule has 1 aromatic carbocycles. The first-order chi connectivity index (χ1) is 7.09. The molecule has 2 rings (SSSR count). The predicted octanol–water partition coefficient (Wildman–Crippen LogP) is 2.06. The molecule has 0 atom stereocenters. The summed E-state index contributed by atoms with van der Waals surface area (Å²) in [7, 11) is -3.63. The molecule has 15 heavy (non-hydrogen) atoms. The minimum absolute atomic E-state index is 0.193. The second kappa shape index (κ2) is 3.77. The fourth-order valence-electron chi connectivity index (χ4n) is 1.33. The van der Waals surface area contributed by atoms with Crippen molar-refractivity contribution in [2.75, 3.05) is 0 Å². The molecule has 78 valence electrons. The molecule has 1 heterocycles. The zero-order chi connectivity index (χ0) is 10.9. The molecule has 1 aromatic heterocycles. The van der Waals surface area contributed by atoms with Crippen LogP contribution in [0.1, 0.15) is 0 Å². The summed E-state index contributed by atoms with van der Waals surface area (Å²) < 4.78 is 22.5. The molecule has 0 aliphatic rings. The zero-order valence-corrected chi connectivity index (χ0v) is 9.38. The van der Waals surface area contributed by atoms with Crippen molar-refractivity contribution in [3.8, 4) is 11.1 Å². The average molecular weight is 239 g/mol. The quantitative estimate of drug-likeness (QED) is 0.872. The molecular weight excluding hydrogens is 230 g/mol. The van der Waals surface area contributed by atoms with Crippen molar-refractivity contribution in [2.45, 2.75) is 4.90 Å². The van der Waals surface area contributed by atoms with E-state index in [0.717, 1.165) is 5.56 Å². The Hall–Kier alpha value is -1.17. The lowest BCUT2D eigenvalue weighted by Gasteiger charge is -2.01. The third-order valence-electron chi connectivity index (χ3n) is 2.02. The van der Waals surface area contributed by atoms with Crippen molar-refractivity contribution in [1.82, 2.24) is 0 Å². The second-order valence-electron chi connectivity index (χ2n) is 3.06. The molecule has 0 spiro atoms. The van der Waals surface area contributed by atoms with Crippen molar-refractivity contribution in [3.63, 3.8) is 0 Å². The van der Waals surface area contributed by atoms with Crippen molar-refractivity contribution in [1.29, 1.82) is 0 Å². The average Bonchev–Trinajstić information content (AvgIpc) is 2.67. The fraction of sp³-hybridized carbons (Fsp3) is 0. The molecule has 0 radical (unpaired) electrons. The Morgan fingerprint density at radius 2 is 1.73 bits per heavy atom. The van der Waals surface area contributed by atoms with Crippen LogP contribution >= 0.6 is 11.3 Å². The highest BCUT2D eigenvalue weighted by Crippen LogP contribution is 2.29. The van der Waals surface area contributed by atoms with E-state index in [1.54, 1.807) is 10.8 Å². The summed E-state index contributed by atoms with van der Waals surface area (Å²) >= 11 is 1.33. The molecule has 2 aromatic rings. The number of rotatable bonds is 2. The van der Waals surface area contributed by atoms with Crippen molar-refractivity contribution < 1.29 is 8.42 Å². The van der Waals surface area contributed by atoms with Gasteiger partial charge in [-0.1, -0.05) is 30.3 Å². The van der Waals surface area contributed by atoms with Gasteiger partial charge >= 0.3 is 0 Å². The first-order valence-corrected chi connectivity index (χ1v) is 6.72. The summed E-state index contributed by atoms with van der Waals surface area (Å²) in [5, 5.41) is 8.46. The fourth-order valence-corrected chi connectivity index (χ4v) is 3.31. The Balaban J connectivity index is 2.61. The van der Waals surface area contributed by atoms with Gasteiger partial charge in [0.1, 0.15) is 4.90 Å². The van der Waals surface area contributed by atoms with Gasteiger partial charge in [0.2, 0.25) is 10.0 Å². The summed E-state index contributed by atoms with van der Waals surface area (Å²) in [6, 6.07) is 9.32. The van der Waals surface area contributed by atoms with Crippen LogP contribution in [0, 0.1) is 0 Å². The number of benzene rings is 1. The number of nitrogens with two attached hydrogens (primary N) is 1. The molecular formula is C10H9NO2S2. The maximum absolute atomic E-state index is 11.3. The first-order valence-electron chi connectivity index (χ1n) is 4.23. The van der Waals surface area contributed by atoms with Crippen LogP contribution in [0.25, 0.3) is 11.1 Å². The smallest absolute Gasteiger partial charge is 0.225 e. The lowest BCUT2D eigenvalue weighted by molar-refractivity contribution is 0.598. The van der Waals surface area contributed by atoms with Crippen molar-refractivity contribution in [2.24, 2.45) is 5.14 Å². The molecule has 5 heteroatoms. The van der Waals surface area contributed by atoms with E-state index in [1.165, 1.54) is 11.3 Å². The second-order valence-corrected chi connectivity index (χ2v) is 5.33. The van der Waals surface area contributed by atoms with Crippen LogP contribution in [0.15, 0.2) is 46.0 Å². The number of thiophene rings is 1. The molecule has 2 N–H and O–H groups in total. The van der Waals surface area contributed by atoms with Crippen LogP contribution < -0.4 is 5.14 Å². The Morgan fingerprint density at radius 1 is 1.07 bits per heavy atom. The van der Waals surface area contributed by atoms with Gasteiger partial charge in [0, 0.05) is 10.9 Å². The summed E-state index contributed by atoms with van der Waals surface area (Å²) in [5.74, 6) is 0. The van der Waals surface area contributed by atoms with Crippen molar-refractivity contribution >= 4 is 21.4 Å². The normalized spacial score (nSPS) is 11.5. The minimum Gasteiger partial charge on any atom is -0.225 e. The highest BCUT2D eigenvalue weighted by atomic mass is 32.2. The monoisotopic (exact) mass is 239 g/mol. The van der Waals surface area contributed by atoms with Crippen LogP contribution in [-0.4, -0.2) is 8.42 Å². The highest BCUT2D eigenvalue weighted by molar-refractivity contribution is 7.89. The predicted molar refractivity (Wildman–Crippen MR) is 61.1 cm³/mol. The summed E-state index contributed by atoms with van der Waals surface area (Å²) in [6.07, 6.45) is 0. The van der Waals surface area contributed by atoms with Crippen LogP contribution in [0.3, 0.4) is 0 Å². The van der Waals surface area contributed by atoms with E-state index in [1.807, 2.05) is 30.3 Å². The highest BCUT2D eigenvalue weighted by Gasteiger charge is 2.15. The number of hydrogen-bond acceptors (Lipinski definition) is 3. The van der Waals surface area contributed by atoms with Crippen LogP contribution in [0.2, 0.25) is 0 Å². The zero-order valence-electron chi connectivity index (χ0n) is 7.75. The molecule has 0 fully saturated rings. The van der Waals surface area contributed by atoms with Gasteiger partial charge in [0.25, 0.3) is 0 Å². The minimum atomic E-state index is -3.63. The van der Waals surface area contributed by atoms with Gasteiger partial charge in [-0.25, -0.2) is 13.6 Å². The lowest BCUT2D eigenvalue weighted by atomic mass is 10.1. The third kappa shape index (κ3) is 2.09. The Bertz CT molecular complexity index is 558. The van der Waals surface area contributed by atoms with Gasteiger partial charge in [0.05, 0.1) is 0 Å².